The number of hydrogen-bond donors (Lipinski definition) is 1. The van der Waals surface area contributed by atoms with E-state index in [4.69, 9.17) is 4.74 Å². The van der Waals surface area contributed by atoms with Gasteiger partial charge in [0.2, 0.25) is 0 Å². The molecule has 3 rings (SSSR count). The minimum Gasteiger partial charge on any atom is -0.439 e. The summed E-state index contributed by atoms with van der Waals surface area (Å²) in [6.45, 7) is 2.67. The molecule has 2 aliphatic rings. The van der Waals surface area contributed by atoms with E-state index < -0.39 is 0 Å². The highest BCUT2D eigenvalue weighted by molar-refractivity contribution is 5.70. The highest BCUT2D eigenvalue weighted by Crippen LogP contribution is 2.29. The summed E-state index contributed by atoms with van der Waals surface area (Å²) < 4.78 is 5.48. The molecular formula is C14H18N2O2. The van der Waals surface area contributed by atoms with Crippen LogP contribution in [-0.4, -0.2) is 36.7 Å². The average molecular weight is 246 g/mol. The lowest BCUT2D eigenvalue weighted by Crippen LogP contribution is -2.43. The lowest BCUT2D eigenvalue weighted by atomic mass is 10.0. The number of carbonyl (C=O) groups excluding carboxylic acids is 1. The summed E-state index contributed by atoms with van der Waals surface area (Å²) in [7, 11) is 0. The summed E-state index contributed by atoms with van der Waals surface area (Å²) >= 11 is 0. The van der Waals surface area contributed by atoms with Crippen LogP contribution in [-0.2, 0) is 4.74 Å². The van der Waals surface area contributed by atoms with Gasteiger partial charge in [0.25, 0.3) is 0 Å². The van der Waals surface area contributed by atoms with E-state index in [1.807, 2.05) is 35.2 Å². The topological polar surface area (TPSA) is 41.6 Å². The molecular weight excluding hydrogens is 228 g/mol. The van der Waals surface area contributed by atoms with Gasteiger partial charge in [-0.15, -0.1) is 0 Å². The SMILES string of the molecule is O=C1OC(c2ccccc2)CN1C1CCNCC1. The van der Waals surface area contributed by atoms with Crippen molar-refractivity contribution in [1.82, 2.24) is 10.2 Å². The molecule has 2 fully saturated rings. The Labute approximate surface area is 107 Å². The zero-order valence-corrected chi connectivity index (χ0v) is 10.3. The molecule has 4 nitrogen and oxygen atoms in total. The Bertz CT molecular complexity index is 415. The van der Waals surface area contributed by atoms with Crippen molar-refractivity contribution in [2.24, 2.45) is 0 Å². The van der Waals surface area contributed by atoms with Crippen LogP contribution in [0.3, 0.4) is 0 Å². The number of hydrogen-bond acceptors (Lipinski definition) is 3. The van der Waals surface area contributed by atoms with Crippen LogP contribution < -0.4 is 5.32 Å². The largest absolute Gasteiger partial charge is 0.439 e. The Morgan fingerprint density at radius 2 is 1.89 bits per heavy atom. The molecule has 18 heavy (non-hydrogen) atoms. The van der Waals surface area contributed by atoms with Gasteiger partial charge in [0, 0.05) is 6.04 Å². The highest BCUT2D eigenvalue weighted by atomic mass is 16.6. The van der Waals surface area contributed by atoms with Crippen molar-refractivity contribution in [3.63, 3.8) is 0 Å². The number of benzene rings is 1. The van der Waals surface area contributed by atoms with Gasteiger partial charge in [-0.2, -0.15) is 0 Å². The van der Waals surface area contributed by atoms with Gasteiger partial charge in [0.05, 0.1) is 6.54 Å². The number of ether oxygens (including phenoxy) is 1. The van der Waals surface area contributed by atoms with E-state index in [0.717, 1.165) is 31.5 Å². The summed E-state index contributed by atoms with van der Waals surface area (Å²) in [4.78, 5) is 13.8. The zero-order valence-electron chi connectivity index (χ0n) is 10.3. The Kier molecular flexibility index (Phi) is 3.19. The van der Waals surface area contributed by atoms with E-state index >= 15 is 0 Å². The van der Waals surface area contributed by atoms with Gasteiger partial charge in [-0.3, -0.25) is 0 Å². The fourth-order valence-electron chi connectivity index (χ4n) is 2.74. The molecule has 1 N–H and O–H groups in total. The molecule has 2 aliphatic heterocycles. The van der Waals surface area contributed by atoms with Crippen LogP contribution in [0.15, 0.2) is 30.3 Å². The van der Waals surface area contributed by atoms with Crippen molar-refractivity contribution in [2.75, 3.05) is 19.6 Å². The molecule has 4 heteroatoms. The first-order chi connectivity index (χ1) is 8.84. The maximum atomic E-state index is 11.9. The normalized spacial score (nSPS) is 25.2. The number of rotatable bonds is 2. The fraction of sp³-hybridized carbons (Fsp3) is 0.500. The van der Waals surface area contributed by atoms with E-state index in [1.165, 1.54) is 0 Å². The molecule has 0 spiro atoms. The second kappa shape index (κ2) is 4.98. The number of cyclic esters (lactones) is 1. The number of nitrogens with one attached hydrogen (secondary N) is 1. The lowest BCUT2D eigenvalue weighted by molar-refractivity contribution is 0.124. The first-order valence-electron chi connectivity index (χ1n) is 6.57. The Hall–Kier alpha value is -1.55. The van der Waals surface area contributed by atoms with Crippen LogP contribution in [0, 0.1) is 0 Å². The molecule has 0 aliphatic carbocycles. The number of carbonyl (C=O) groups is 1. The minimum absolute atomic E-state index is 0.103. The number of piperidine rings is 1. The molecule has 0 saturated carbocycles. The van der Waals surface area contributed by atoms with Crippen LogP contribution in [0.5, 0.6) is 0 Å². The second-order valence-corrected chi connectivity index (χ2v) is 4.92. The quantitative estimate of drug-likeness (QED) is 0.867. The van der Waals surface area contributed by atoms with Gasteiger partial charge in [-0.1, -0.05) is 30.3 Å². The molecule has 1 atom stereocenters. The molecule has 1 aromatic carbocycles. The van der Waals surface area contributed by atoms with Crippen molar-refractivity contribution >= 4 is 6.09 Å². The molecule has 0 radical (unpaired) electrons. The Morgan fingerprint density at radius 3 is 2.61 bits per heavy atom. The third kappa shape index (κ3) is 2.20. The highest BCUT2D eigenvalue weighted by Gasteiger charge is 2.36. The summed E-state index contributed by atoms with van der Waals surface area (Å²) in [5.74, 6) is 0. The monoisotopic (exact) mass is 246 g/mol. The molecule has 1 unspecified atom stereocenters. The fourth-order valence-corrected chi connectivity index (χ4v) is 2.74. The predicted molar refractivity (Wildman–Crippen MR) is 68.3 cm³/mol. The van der Waals surface area contributed by atoms with Crippen LogP contribution in [0.25, 0.3) is 0 Å². The van der Waals surface area contributed by atoms with Crippen LogP contribution in [0.4, 0.5) is 4.79 Å². The maximum absolute atomic E-state index is 11.9. The first-order valence-corrected chi connectivity index (χ1v) is 6.57. The molecule has 2 heterocycles. The van der Waals surface area contributed by atoms with Crippen LogP contribution in [0.1, 0.15) is 24.5 Å². The summed E-state index contributed by atoms with van der Waals surface area (Å²) in [5.41, 5.74) is 1.09. The lowest BCUT2D eigenvalue weighted by Gasteiger charge is -2.29. The van der Waals surface area contributed by atoms with Gasteiger partial charge >= 0.3 is 6.09 Å². The van der Waals surface area contributed by atoms with E-state index in [0.29, 0.717) is 12.6 Å². The molecule has 0 aromatic heterocycles. The van der Waals surface area contributed by atoms with Crippen molar-refractivity contribution in [1.29, 1.82) is 0 Å². The van der Waals surface area contributed by atoms with E-state index in [9.17, 15) is 4.79 Å². The molecule has 0 bridgehead atoms. The zero-order chi connectivity index (χ0) is 12.4. The molecule has 1 amide bonds. The Morgan fingerprint density at radius 1 is 1.17 bits per heavy atom. The van der Waals surface area contributed by atoms with Gasteiger partial charge in [-0.05, 0) is 31.5 Å². The van der Waals surface area contributed by atoms with Gasteiger partial charge in [0.15, 0.2) is 0 Å². The van der Waals surface area contributed by atoms with Crippen molar-refractivity contribution in [3.05, 3.63) is 35.9 Å². The first kappa shape index (κ1) is 11.5. The molecule has 1 aromatic rings. The third-order valence-corrected chi connectivity index (χ3v) is 3.76. The Balaban J connectivity index is 1.70. The summed E-state index contributed by atoms with van der Waals surface area (Å²) in [6.07, 6.45) is 1.79. The van der Waals surface area contributed by atoms with Gasteiger partial charge in [-0.25, -0.2) is 4.79 Å². The van der Waals surface area contributed by atoms with Crippen molar-refractivity contribution < 1.29 is 9.53 Å². The second-order valence-electron chi connectivity index (χ2n) is 4.92. The van der Waals surface area contributed by atoms with Crippen LogP contribution in [0.2, 0.25) is 0 Å². The smallest absolute Gasteiger partial charge is 0.410 e. The maximum Gasteiger partial charge on any atom is 0.410 e. The predicted octanol–water partition coefficient (Wildman–Crippen LogP) is 1.93. The van der Waals surface area contributed by atoms with Crippen LogP contribution >= 0.6 is 0 Å². The van der Waals surface area contributed by atoms with Gasteiger partial charge < -0.3 is 15.0 Å². The summed E-state index contributed by atoms with van der Waals surface area (Å²) in [6, 6.07) is 10.3. The molecule has 96 valence electrons. The summed E-state index contributed by atoms with van der Waals surface area (Å²) in [5, 5.41) is 3.32. The van der Waals surface area contributed by atoms with Crippen molar-refractivity contribution in [3.8, 4) is 0 Å². The van der Waals surface area contributed by atoms with Gasteiger partial charge in [0.1, 0.15) is 6.10 Å². The average Bonchev–Trinajstić information content (AvgIpc) is 2.83. The third-order valence-electron chi connectivity index (χ3n) is 3.76. The van der Waals surface area contributed by atoms with Crippen molar-refractivity contribution in [2.45, 2.75) is 25.0 Å². The number of nitrogens with zero attached hydrogens (tertiary/aromatic N) is 1. The molecule has 2 saturated heterocycles. The van der Waals surface area contributed by atoms with E-state index in [2.05, 4.69) is 5.32 Å². The number of amides is 1. The standard InChI is InChI=1S/C14H18N2O2/c17-14-16(12-6-8-15-9-7-12)10-13(18-14)11-4-2-1-3-5-11/h1-5,12-13,15H,6-10H2. The van der Waals surface area contributed by atoms with E-state index in [1.54, 1.807) is 0 Å². The minimum atomic E-state index is -0.157. The van der Waals surface area contributed by atoms with E-state index in [-0.39, 0.29) is 12.2 Å².